The largest absolute Gasteiger partial charge is 0.490 e. The lowest BCUT2D eigenvalue weighted by atomic mass is 9.71. The first-order chi connectivity index (χ1) is 15.1. The van der Waals surface area contributed by atoms with E-state index in [1.165, 1.54) is 6.08 Å². The monoisotopic (exact) mass is 418 g/mol. The number of para-hydroxylation sites is 1. The van der Waals surface area contributed by atoms with Crippen LogP contribution in [0.1, 0.15) is 31.2 Å². The van der Waals surface area contributed by atoms with Crippen molar-refractivity contribution < 1.29 is 14.3 Å². The third kappa shape index (κ3) is 4.50. The highest BCUT2D eigenvalue weighted by atomic mass is 16.5. The van der Waals surface area contributed by atoms with Crippen molar-refractivity contribution in [1.82, 2.24) is 9.80 Å². The van der Waals surface area contributed by atoms with Crippen LogP contribution in [-0.2, 0) is 15.0 Å². The number of amides is 2. The van der Waals surface area contributed by atoms with Gasteiger partial charge in [0.25, 0.3) is 0 Å². The van der Waals surface area contributed by atoms with Gasteiger partial charge in [0.05, 0.1) is 5.41 Å². The van der Waals surface area contributed by atoms with Crippen molar-refractivity contribution in [2.45, 2.75) is 37.2 Å². The first kappa shape index (κ1) is 21.2. The fourth-order valence-corrected chi connectivity index (χ4v) is 4.79. The van der Waals surface area contributed by atoms with E-state index in [2.05, 4.69) is 6.58 Å². The number of ether oxygens (including phenoxy) is 1. The summed E-state index contributed by atoms with van der Waals surface area (Å²) in [5, 5.41) is 0. The fourth-order valence-electron chi connectivity index (χ4n) is 4.79. The predicted octanol–water partition coefficient (Wildman–Crippen LogP) is 3.80. The molecule has 31 heavy (non-hydrogen) atoms. The number of piperidine rings is 2. The average molecular weight is 419 g/mol. The minimum atomic E-state index is -0.577. The molecular formula is C26H30N2O3. The Bertz CT molecular complexity index is 897. The van der Waals surface area contributed by atoms with E-state index in [-0.39, 0.29) is 17.9 Å². The Labute approximate surface area is 184 Å². The standard InChI is InChI=1S/C26H30N2O3/c1-2-24(29)27-19-15-26(16-20-27,21-9-5-3-6-10-21)25(30)28-17-13-23(14-18-28)31-22-11-7-4-8-12-22/h2-12,23H,1,13-20H2. The van der Waals surface area contributed by atoms with Gasteiger partial charge in [-0.2, -0.15) is 0 Å². The van der Waals surface area contributed by atoms with E-state index in [1.54, 1.807) is 4.90 Å². The Kier molecular flexibility index (Phi) is 6.40. The summed E-state index contributed by atoms with van der Waals surface area (Å²) >= 11 is 0. The SMILES string of the molecule is C=CC(=O)N1CCC(C(=O)N2CCC(Oc3ccccc3)CC2)(c2ccccc2)CC1. The van der Waals surface area contributed by atoms with Gasteiger partial charge in [-0.25, -0.2) is 0 Å². The zero-order chi connectivity index (χ0) is 21.7. The molecule has 2 saturated heterocycles. The second-order valence-electron chi connectivity index (χ2n) is 8.40. The van der Waals surface area contributed by atoms with Crippen molar-refractivity contribution in [3.05, 3.63) is 78.9 Å². The Morgan fingerprint density at radius 3 is 2.03 bits per heavy atom. The van der Waals surface area contributed by atoms with Gasteiger partial charge < -0.3 is 14.5 Å². The molecule has 2 amide bonds. The second kappa shape index (κ2) is 9.38. The van der Waals surface area contributed by atoms with Crippen LogP contribution < -0.4 is 4.74 Å². The lowest BCUT2D eigenvalue weighted by Crippen LogP contribution is -2.55. The highest BCUT2D eigenvalue weighted by Gasteiger charge is 2.46. The molecule has 0 spiro atoms. The van der Waals surface area contributed by atoms with Crippen molar-refractivity contribution >= 4 is 11.8 Å². The molecule has 0 N–H and O–H groups in total. The van der Waals surface area contributed by atoms with Gasteiger partial charge >= 0.3 is 0 Å². The van der Waals surface area contributed by atoms with Gasteiger partial charge in [0, 0.05) is 39.0 Å². The van der Waals surface area contributed by atoms with Gasteiger partial charge in [0.15, 0.2) is 0 Å². The molecule has 2 aliphatic rings. The molecule has 0 unspecified atom stereocenters. The van der Waals surface area contributed by atoms with E-state index in [1.807, 2.05) is 65.6 Å². The minimum absolute atomic E-state index is 0.0621. The summed E-state index contributed by atoms with van der Waals surface area (Å²) in [4.78, 5) is 29.7. The van der Waals surface area contributed by atoms with Gasteiger partial charge in [-0.15, -0.1) is 0 Å². The van der Waals surface area contributed by atoms with Crippen LogP contribution in [0.25, 0.3) is 0 Å². The number of rotatable bonds is 5. The van der Waals surface area contributed by atoms with E-state index >= 15 is 0 Å². The second-order valence-corrected chi connectivity index (χ2v) is 8.40. The maximum Gasteiger partial charge on any atom is 0.245 e. The molecule has 5 nitrogen and oxygen atoms in total. The molecule has 0 bridgehead atoms. The summed E-state index contributed by atoms with van der Waals surface area (Å²) in [6.07, 6.45) is 4.41. The third-order valence-electron chi connectivity index (χ3n) is 6.61. The summed E-state index contributed by atoms with van der Waals surface area (Å²) in [5.41, 5.74) is 0.472. The molecule has 2 aromatic carbocycles. The van der Waals surface area contributed by atoms with Crippen LogP contribution in [0.2, 0.25) is 0 Å². The van der Waals surface area contributed by atoms with Gasteiger partial charge in [0.1, 0.15) is 11.9 Å². The maximum atomic E-state index is 13.8. The van der Waals surface area contributed by atoms with Crippen LogP contribution in [0.15, 0.2) is 73.3 Å². The Hall–Kier alpha value is -3.08. The van der Waals surface area contributed by atoms with Crippen molar-refractivity contribution in [3.8, 4) is 5.75 Å². The van der Waals surface area contributed by atoms with Crippen molar-refractivity contribution in [2.24, 2.45) is 0 Å². The summed E-state index contributed by atoms with van der Waals surface area (Å²) in [7, 11) is 0. The van der Waals surface area contributed by atoms with Crippen LogP contribution in [0.4, 0.5) is 0 Å². The summed E-state index contributed by atoms with van der Waals surface area (Å²) < 4.78 is 6.10. The zero-order valence-electron chi connectivity index (χ0n) is 17.9. The van der Waals surface area contributed by atoms with Crippen molar-refractivity contribution in [2.75, 3.05) is 26.2 Å². The van der Waals surface area contributed by atoms with Gasteiger partial charge in [-0.05, 0) is 36.6 Å². The highest BCUT2D eigenvalue weighted by Crippen LogP contribution is 2.38. The molecule has 2 aromatic rings. The fraction of sp³-hybridized carbons (Fsp3) is 0.385. The molecule has 2 fully saturated rings. The molecule has 2 aliphatic heterocycles. The number of benzene rings is 2. The molecule has 0 radical (unpaired) electrons. The zero-order valence-corrected chi connectivity index (χ0v) is 17.9. The molecule has 2 heterocycles. The van der Waals surface area contributed by atoms with E-state index in [0.29, 0.717) is 39.0 Å². The van der Waals surface area contributed by atoms with Crippen LogP contribution in [0, 0.1) is 0 Å². The first-order valence-electron chi connectivity index (χ1n) is 11.1. The number of carbonyl (C=O) groups excluding carboxylic acids is 2. The van der Waals surface area contributed by atoms with Crippen LogP contribution in [0.5, 0.6) is 5.75 Å². The number of hydrogen-bond donors (Lipinski definition) is 0. The molecule has 5 heteroatoms. The molecule has 4 rings (SSSR count). The third-order valence-corrected chi connectivity index (χ3v) is 6.61. The summed E-state index contributed by atoms with van der Waals surface area (Å²) in [5.74, 6) is 1.00. The molecule has 0 aromatic heterocycles. The smallest absolute Gasteiger partial charge is 0.245 e. The molecule has 0 aliphatic carbocycles. The summed E-state index contributed by atoms with van der Waals surface area (Å²) in [6.45, 7) is 6.12. The molecular weight excluding hydrogens is 388 g/mol. The molecule has 0 saturated carbocycles. The van der Waals surface area contributed by atoms with Crippen LogP contribution in [-0.4, -0.2) is 53.9 Å². The van der Waals surface area contributed by atoms with Gasteiger partial charge in [0.2, 0.25) is 11.8 Å². The predicted molar refractivity (Wildman–Crippen MR) is 121 cm³/mol. The lowest BCUT2D eigenvalue weighted by molar-refractivity contribution is -0.143. The normalized spacial score (nSPS) is 19.0. The molecule has 0 atom stereocenters. The van der Waals surface area contributed by atoms with Crippen molar-refractivity contribution in [3.63, 3.8) is 0 Å². The minimum Gasteiger partial charge on any atom is -0.490 e. The topological polar surface area (TPSA) is 49.9 Å². The number of hydrogen-bond acceptors (Lipinski definition) is 3. The van der Waals surface area contributed by atoms with Gasteiger partial charge in [-0.1, -0.05) is 55.1 Å². The maximum absolute atomic E-state index is 13.8. The number of nitrogens with zero attached hydrogens (tertiary/aromatic N) is 2. The Balaban J connectivity index is 1.46. The van der Waals surface area contributed by atoms with Crippen LogP contribution >= 0.6 is 0 Å². The van der Waals surface area contributed by atoms with Crippen molar-refractivity contribution in [1.29, 1.82) is 0 Å². The van der Waals surface area contributed by atoms with Gasteiger partial charge in [-0.3, -0.25) is 9.59 Å². The quantitative estimate of drug-likeness (QED) is 0.694. The average Bonchev–Trinajstić information content (AvgIpc) is 2.85. The lowest BCUT2D eigenvalue weighted by Gasteiger charge is -2.44. The van der Waals surface area contributed by atoms with E-state index in [0.717, 1.165) is 24.2 Å². The molecule has 162 valence electrons. The Morgan fingerprint density at radius 1 is 0.871 bits per heavy atom. The number of carbonyl (C=O) groups is 2. The highest BCUT2D eigenvalue weighted by molar-refractivity contribution is 5.90. The van der Waals surface area contributed by atoms with Crippen LogP contribution in [0.3, 0.4) is 0 Å². The number of likely N-dealkylation sites (tertiary alicyclic amines) is 2. The first-order valence-corrected chi connectivity index (χ1v) is 11.1. The Morgan fingerprint density at radius 2 is 1.45 bits per heavy atom. The van der Waals surface area contributed by atoms with E-state index < -0.39 is 5.41 Å². The van der Waals surface area contributed by atoms with E-state index in [9.17, 15) is 9.59 Å². The van der Waals surface area contributed by atoms with E-state index in [4.69, 9.17) is 4.74 Å². The summed E-state index contributed by atoms with van der Waals surface area (Å²) in [6, 6.07) is 19.9.